The maximum Gasteiger partial charge on any atom is 0.382 e. The lowest BCUT2D eigenvalue weighted by molar-refractivity contribution is -0.167. The van der Waals surface area contributed by atoms with Crippen LogP contribution < -0.4 is 5.32 Å². The number of carboxylic acids is 1. The molecular formula is C15H13F3N2O3. The first kappa shape index (κ1) is 16.6. The van der Waals surface area contributed by atoms with E-state index in [0.717, 1.165) is 16.8 Å². The standard InChI is InChI=1S/C15H13F3N2O3/c1-8-5-10(3-4-11(8)16)19-13(21)9-6-12(20(2)7-9)15(17,18)14(22)23/h3-7H,1-2H3,(H,19,21)(H,22,23). The molecule has 2 N–H and O–H groups in total. The molecule has 1 aromatic carbocycles. The summed E-state index contributed by atoms with van der Waals surface area (Å²) in [4.78, 5) is 22.7. The Balaban J connectivity index is 2.27. The van der Waals surface area contributed by atoms with Gasteiger partial charge in [0.1, 0.15) is 5.82 Å². The number of amides is 1. The number of rotatable bonds is 4. The second kappa shape index (κ2) is 5.79. The van der Waals surface area contributed by atoms with E-state index in [4.69, 9.17) is 5.11 Å². The predicted octanol–water partition coefficient (Wildman–Crippen LogP) is 2.90. The monoisotopic (exact) mass is 326 g/mol. The van der Waals surface area contributed by atoms with Crippen molar-refractivity contribution in [2.24, 2.45) is 7.05 Å². The van der Waals surface area contributed by atoms with Crippen molar-refractivity contribution in [3.8, 4) is 0 Å². The molecule has 0 aliphatic carbocycles. The van der Waals surface area contributed by atoms with Crippen LogP contribution in [0, 0.1) is 12.7 Å². The molecule has 0 fully saturated rings. The van der Waals surface area contributed by atoms with Crippen molar-refractivity contribution in [2.45, 2.75) is 12.8 Å². The third kappa shape index (κ3) is 3.20. The largest absolute Gasteiger partial charge is 0.476 e. The van der Waals surface area contributed by atoms with Crippen molar-refractivity contribution in [3.63, 3.8) is 0 Å². The lowest BCUT2D eigenvalue weighted by Crippen LogP contribution is -2.27. The summed E-state index contributed by atoms with van der Waals surface area (Å²) in [6.07, 6.45) is 1.10. The van der Waals surface area contributed by atoms with Gasteiger partial charge in [0, 0.05) is 18.9 Å². The van der Waals surface area contributed by atoms with Crippen molar-refractivity contribution >= 4 is 17.6 Å². The highest BCUT2D eigenvalue weighted by Crippen LogP contribution is 2.29. The third-order valence-corrected chi connectivity index (χ3v) is 3.27. The van der Waals surface area contributed by atoms with Crippen LogP contribution in [0.4, 0.5) is 18.9 Å². The minimum atomic E-state index is -4.11. The number of aliphatic carboxylic acids is 1. The van der Waals surface area contributed by atoms with E-state index in [0.29, 0.717) is 11.3 Å². The third-order valence-electron chi connectivity index (χ3n) is 3.27. The molecule has 1 heterocycles. The molecule has 122 valence electrons. The fourth-order valence-electron chi connectivity index (χ4n) is 2.04. The smallest absolute Gasteiger partial charge is 0.382 e. The number of carboxylic acid groups (broad SMARTS) is 1. The summed E-state index contributed by atoms with van der Waals surface area (Å²) in [6, 6.07) is 4.69. The van der Waals surface area contributed by atoms with E-state index >= 15 is 0 Å². The zero-order valence-electron chi connectivity index (χ0n) is 12.2. The summed E-state index contributed by atoms with van der Waals surface area (Å²) < 4.78 is 41.1. The number of nitrogens with one attached hydrogen (secondary N) is 1. The molecule has 0 aliphatic rings. The van der Waals surface area contributed by atoms with Gasteiger partial charge in [0.05, 0.1) is 11.3 Å². The Hall–Kier alpha value is -2.77. The average molecular weight is 326 g/mol. The van der Waals surface area contributed by atoms with E-state index in [2.05, 4.69) is 5.32 Å². The van der Waals surface area contributed by atoms with Crippen LogP contribution in [-0.2, 0) is 17.8 Å². The Labute approximate surface area is 129 Å². The summed E-state index contributed by atoms with van der Waals surface area (Å²) >= 11 is 0. The molecule has 5 nitrogen and oxygen atoms in total. The number of anilines is 1. The van der Waals surface area contributed by atoms with Crippen molar-refractivity contribution < 1.29 is 27.9 Å². The first-order valence-corrected chi connectivity index (χ1v) is 6.48. The molecule has 0 aliphatic heterocycles. The molecule has 0 bridgehead atoms. The normalized spacial score (nSPS) is 11.3. The van der Waals surface area contributed by atoms with Crippen LogP contribution in [0.15, 0.2) is 30.5 Å². The van der Waals surface area contributed by atoms with Gasteiger partial charge in [0.2, 0.25) is 0 Å². The van der Waals surface area contributed by atoms with Crippen LogP contribution in [0.3, 0.4) is 0 Å². The van der Waals surface area contributed by atoms with E-state index < -0.39 is 29.3 Å². The first-order chi connectivity index (χ1) is 10.6. The van der Waals surface area contributed by atoms with Crippen molar-refractivity contribution in [1.29, 1.82) is 0 Å². The number of nitrogens with zero attached hydrogens (tertiary/aromatic N) is 1. The number of carbonyl (C=O) groups is 2. The highest BCUT2D eigenvalue weighted by atomic mass is 19.3. The Kier molecular flexibility index (Phi) is 4.18. The van der Waals surface area contributed by atoms with Gasteiger partial charge >= 0.3 is 11.9 Å². The molecule has 2 aromatic rings. The van der Waals surface area contributed by atoms with Crippen LogP contribution in [-0.4, -0.2) is 21.6 Å². The zero-order chi connectivity index (χ0) is 17.4. The average Bonchev–Trinajstić information content (AvgIpc) is 2.85. The minimum absolute atomic E-state index is 0.134. The lowest BCUT2D eigenvalue weighted by atomic mass is 10.2. The molecule has 0 atom stereocenters. The minimum Gasteiger partial charge on any atom is -0.476 e. The summed E-state index contributed by atoms with van der Waals surface area (Å²) in [6.45, 7) is 1.51. The van der Waals surface area contributed by atoms with Crippen LogP contribution in [0.25, 0.3) is 0 Å². The Morgan fingerprint density at radius 2 is 1.91 bits per heavy atom. The van der Waals surface area contributed by atoms with E-state index in [1.807, 2.05) is 0 Å². The second-order valence-electron chi connectivity index (χ2n) is 5.02. The van der Waals surface area contributed by atoms with Gasteiger partial charge in [0.25, 0.3) is 5.91 Å². The number of hydrogen-bond donors (Lipinski definition) is 2. The first-order valence-electron chi connectivity index (χ1n) is 6.48. The fraction of sp³-hybridized carbons (Fsp3) is 0.200. The molecule has 1 amide bonds. The number of halogens is 3. The molecule has 0 radical (unpaired) electrons. The molecule has 0 saturated heterocycles. The number of alkyl halides is 2. The highest BCUT2D eigenvalue weighted by molar-refractivity contribution is 6.04. The van der Waals surface area contributed by atoms with E-state index in [9.17, 15) is 22.8 Å². The van der Waals surface area contributed by atoms with E-state index in [1.54, 1.807) is 0 Å². The number of carbonyl (C=O) groups excluding carboxylic acids is 1. The molecule has 0 spiro atoms. The molecule has 1 aromatic heterocycles. The van der Waals surface area contributed by atoms with Gasteiger partial charge in [-0.15, -0.1) is 0 Å². The number of aryl methyl sites for hydroxylation is 2. The zero-order valence-corrected chi connectivity index (χ0v) is 12.2. The summed E-state index contributed by atoms with van der Waals surface area (Å²) in [7, 11) is 1.21. The van der Waals surface area contributed by atoms with Crippen molar-refractivity contribution in [1.82, 2.24) is 4.57 Å². The van der Waals surface area contributed by atoms with Crippen LogP contribution in [0.2, 0.25) is 0 Å². The summed E-state index contributed by atoms with van der Waals surface area (Å²) in [5.74, 6) is -7.57. The highest BCUT2D eigenvalue weighted by Gasteiger charge is 2.43. The van der Waals surface area contributed by atoms with Gasteiger partial charge in [-0.3, -0.25) is 4.79 Å². The van der Waals surface area contributed by atoms with E-state index in [1.165, 1.54) is 32.2 Å². The van der Waals surface area contributed by atoms with Crippen molar-refractivity contribution in [3.05, 3.63) is 53.1 Å². The second-order valence-corrected chi connectivity index (χ2v) is 5.02. The SMILES string of the molecule is Cc1cc(NC(=O)c2cc(C(F)(F)C(=O)O)n(C)c2)ccc1F. The van der Waals surface area contributed by atoms with Gasteiger partial charge < -0.3 is 15.0 Å². The van der Waals surface area contributed by atoms with Crippen LogP contribution in [0.1, 0.15) is 21.6 Å². The Morgan fingerprint density at radius 1 is 1.26 bits per heavy atom. The maximum atomic E-state index is 13.5. The summed E-state index contributed by atoms with van der Waals surface area (Å²) in [5, 5.41) is 11.0. The molecular weight excluding hydrogens is 313 g/mol. The van der Waals surface area contributed by atoms with Gasteiger partial charge in [-0.05, 0) is 36.8 Å². The quantitative estimate of drug-likeness (QED) is 0.907. The topological polar surface area (TPSA) is 71.3 Å². The number of aromatic nitrogens is 1. The lowest BCUT2D eigenvalue weighted by Gasteiger charge is -2.11. The van der Waals surface area contributed by atoms with Crippen molar-refractivity contribution in [2.75, 3.05) is 5.32 Å². The fourth-order valence-corrected chi connectivity index (χ4v) is 2.04. The number of benzene rings is 1. The molecule has 0 saturated carbocycles. The molecule has 23 heavy (non-hydrogen) atoms. The van der Waals surface area contributed by atoms with Crippen LogP contribution >= 0.6 is 0 Å². The van der Waals surface area contributed by atoms with E-state index in [-0.39, 0.29) is 5.56 Å². The van der Waals surface area contributed by atoms with Gasteiger partial charge in [-0.2, -0.15) is 8.78 Å². The van der Waals surface area contributed by atoms with Gasteiger partial charge in [-0.1, -0.05) is 0 Å². The predicted molar refractivity (Wildman–Crippen MR) is 76.0 cm³/mol. The Morgan fingerprint density at radius 3 is 2.48 bits per heavy atom. The van der Waals surface area contributed by atoms with Crippen LogP contribution in [0.5, 0.6) is 0 Å². The number of hydrogen-bond acceptors (Lipinski definition) is 2. The van der Waals surface area contributed by atoms with Gasteiger partial charge in [-0.25, -0.2) is 9.18 Å². The molecule has 8 heteroatoms. The molecule has 0 unspecified atom stereocenters. The Bertz CT molecular complexity index is 784. The molecule has 2 rings (SSSR count). The summed E-state index contributed by atoms with van der Waals surface area (Å²) in [5.41, 5.74) is -0.339. The maximum absolute atomic E-state index is 13.5. The van der Waals surface area contributed by atoms with Gasteiger partial charge in [0.15, 0.2) is 0 Å².